The molecule has 1 fully saturated rings. The summed E-state index contributed by atoms with van der Waals surface area (Å²) in [4.78, 5) is 9.75. The number of carbonyl (C=O) groups is 1. The van der Waals surface area contributed by atoms with Crippen molar-refractivity contribution in [1.29, 1.82) is 0 Å². The summed E-state index contributed by atoms with van der Waals surface area (Å²) >= 11 is 4.09. The zero-order chi connectivity index (χ0) is 15.5. The fraction of sp³-hybridized carbons (Fsp3) is 0.909. The number of aliphatic hydroxyl groups is 5. The van der Waals surface area contributed by atoms with Gasteiger partial charge in [-0.25, -0.2) is 0 Å². The Morgan fingerprint density at radius 3 is 2.55 bits per heavy atom. The second kappa shape index (κ2) is 7.03. The number of hydrogen-bond donors (Lipinski definition) is 7. The molecule has 0 saturated carbocycles. The molecule has 0 radical (unpaired) electrons. The first-order valence-corrected chi connectivity index (χ1v) is 6.62. The van der Waals surface area contributed by atoms with E-state index in [2.05, 4.69) is 17.9 Å². The van der Waals surface area contributed by atoms with Gasteiger partial charge in [0.15, 0.2) is 0 Å². The molecule has 0 aromatic rings. The maximum absolute atomic E-state index is 11.2. The van der Waals surface area contributed by atoms with Gasteiger partial charge in [0.2, 0.25) is 5.91 Å². The molecule has 6 N–H and O–H groups in total. The van der Waals surface area contributed by atoms with Gasteiger partial charge in [0, 0.05) is 13.3 Å². The second-order valence-electron chi connectivity index (χ2n) is 4.93. The van der Waals surface area contributed by atoms with Crippen molar-refractivity contribution >= 4 is 18.5 Å². The predicted molar refractivity (Wildman–Crippen MR) is 71.0 cm³/mol. The molecule has 118 valence electrons. The van der Waals surface area contributed by atoms with Gasteiger partial charge >= 0.3 is 0 Å². The van der Waals surface area contributed by atoms with Crippen molar-refractivity contribution in [1.82, 2.24) is 5.32 Å². The lowest BCUT2D eigenvalue weighted by molar-refractivity contribution is -0.199. The van der Waals surface area contributed by atoms with E-state index in [4.69, 9.17) is 9.84 Å². The van der Waals surface area contributed by atoms with Gasteiger partial charge < -0.3 is 35.6 Å². The smallest absolute Gasteiger partial charge is 0.217 e. The van der Waals surface area contributed by atoms with Gasteiger partial charge in [-0.15, -0.1) is 12.6 Å². The lowest BCUT2D eigenvalue weighted by atomic mass is 9.90. The summed E-state index contributed by atoms with van der Waals surface area (Å²) < 4.78 is 5.41. The van der Waals surface area contributed by atoms with Crippen molar-refractivity contribution in [2.24, 2.45) is 0 Å². The van der Waals surface area contributed by atoms with E-state index in [-0.39, 0.29) is 6.42 Å². The summed E-state index contributed by atoms with van der Waals surface area (Å²) in [6, 6.07) is -0.990. The molecular formula is C11H21NO7S. The van der Waals surface area contributed by atoms with Crippen LogP contribution in [0.5, 0.6) is 0 Å². The predicted octanol–water partition coefficient (Wildman–Crippen LogP) is -3.03. The van der Waals surface area contributed by atoms with E-state index in [1.54, 1.807) is 0 Å². The molecule has 0 unspecified atom stereocenters. The van der Waals surface area contributed by atoms with Gasteiger partial charge in [-0.05, 0) is 0 Å². The first-order valence-electron chi connectivity index (χ1n) is 6.17. The summed E-state index contributed by atoms with van der Waals surface area (Å²) in [5.41, 5.74) is 0. The molecule has 1 rings (SSSR count). The minimum absolute atomic E-state index is 0.0734. The Bertz CT molecular complexity index is 345. The van der Waals surface area contributed by atoms with E-state index >= 15 is 0 Å². The monoisotopic (exact) mass is 311 g/mol. The van der Waals surface area contributed by atoms with Crippen LogP contribution in [0.25, 0.3) is 0 Å². The Kier molecular flexibility index (Phi) is 6.20. The van der Waals surface area contributed by atoms with Crippen LogP contribution < -0.4 is 5.32 Å². The molecule has 6 atom stereocenters. The third kappa shape index (κ3) is 4.04. The number of nitrogens with one attached hydrogen (secondary N) is 1. The van der Waals surface area contributed by atoms with Gasteiger partial charge in [0.25, 0.3) is 0 Å². The van der Waals surface area contributed by atoms with Crippen LogP contribution in [0.3, 0.4) is 0 Å². The van der Waals surface area contributed by atoms with E-state index in [0.717, 1.165) is 0 Å². The lowest BCUT2D eigenvalue weighted by Crippen LogP contribution is -2.65. The molecule has 1 heterocycles. The number of hydrogen-bond acceptors (Lipinski definition) is 8. The first kappa shape index (κ1) is 17.6. The highest BCUT2D eigenvalue weighted by molar-refractivity contribution is 7.81. The van der Waals surface area contributed by atoms with Gasteiger partial charge in [0.05, 0.1) is 25.4 Å². The van der Waals surface area contributed by atoms with Crippen molar-refractivity contribution in [3.63, 3.8) is 0 Å². The average molecular weight is 311 g/mol. The molecular weight excluding hydrogens is 290 g/mol. The molecule has 1 saturated heterocycles. The van der Waals surface area contributed by atoms with Crippen LogP contribution in [0.15, 0.2) is 0 Å². The van der Waals surface area contributed by atoms with Crippen molar-refractivity contribution in [3.05, 3.63) is 0 Å². The van der Waals surface area contributed by atoms with E-state index < -0.39 is 54.5 Å². The zero-order valence-corrected chi connectivity index (χ0v) is 11.9. The van der Waals surface area contributed by atoms with Crippen LogP contribution in [0, 0.1) is 0 Å². The summed E-state index contributed by atoms with van der Waals surface area (Å²) in [6.45, 7) is -0.0196. The minimum atomic E-state index is -1.56. The van der Waals surface area contributed by atoms with E-state index in [1.165, 1.54) is 6.92 Å². The quantitative estimate of drug-likeness (QED) is 0.268. The highest BCUT2D eigenvalue weighted by Gasteiger charge is 2.48. The minimum Gasteiger partial charge on any atom is -0.394 e. The molecule has 0 aromatic carbocycles. The first-order chi connectivity index (χ1) is 9.24. The highest BCUT2D eigenvalue weighted by Crippen LogP contribution is 2.34. The average Bonchev–Trinajstić information content (AvgIpc) is 2.39. The highest BCUT2D eigenvalue weighted by atomic mass is 32.1. The Hall–Kier alpha value is -0.420. The summed E-state index contributed by atoms with van der Waals surface area (Å²) in [5.74, 6) is -0.455. The maximum atomic E-state index is 11.2. The van der Waals surface area contributed by atoms with Crippen LogP contribution in [0.4, 0.5) is 0 Å². The maximum Gasteiger partial charge on any atom is 0.217 e. The molecule has 0 spiro atoms. The van der Waals surface area contributed by atoms with E-state index in [0.29, 0.717) is 0 Å². The Morgan fingerprint density at radius 2 is 2.10 bits per heavy atom. The molecule has 1 amide bonds. The molecule has 0 aliphatic carbocycles. The van der Waals surface area contributed by atoms with Crippen LogP contribution >= 0.6 is 12.6 Å². The van der Waals surface area contributed by atoms with Gasteiger partial charge in [0.1, 0.15) is 23.2 Å². The van der Waals surface area contributed by atoms with Crippen molar-refractivity contribution in [2.45, 2.75) is 48.7 Å². The van der Waals surface area contributed by atoms with E-state index in [9.17, 15) is 25.2 Å². The molecule has 20 heavy (non-hydrogen) atoms. The van der Waals surface area contributed by atoms with E-state index in [1.807, 2.05) is 0 Å². The van der Waals surface area contributed by atoms with Crippen LogP contribution in [0.2, 0.25) is 0 Å². The Morgan fingerprint density at radius 1 is 1.50 bits per heavy atom. The molecule has 1 aliphatic rings. The number of amides is 1. The van der Waals surface area contributed by atoms with Crippen LogP contribution in [-0.2, 0) is 9.53 Å². The third-order valence-corrected chi connectivity index (χ3v) is 3.62. The standard InChI is InChI=1S/C11H21NO7S/c1-5(15)12-8-6(16)2-11(20,4-14)19-10(8)9(18)7(17)3-13/h6-10,13-14,16-18,20H,2-4H2,1H3,(H,12,15)/t6-,7+,8+,9+,10+,11-/m0/s1. The van der Waals surface area contributed by atoms with Crippen molar-refractivity contribution < 1.29 is 35.1 Å². The third-order valence-electron chi connectivity index (χ3n) is 3.19. The molecule has 1 aliphatic heterocycles. The molecule has 0 bridgehead atoms. The van der Waals surface area contributed by atoms with Crippen molar-refractivity contribution in [3.8, 4) is 0 Å². The van der Waals surface area contributed by atoms with Crippen LogP contribution in [-0.4, -0.2) is 80.0 Å². The largest absolute Gasteiger partial charge is 0.394 e. The summed E-state index contributed by atoms with van der Waals surface area (Å²) in [6.07, 6.45) is -5.52. The fourth-order valence-electron chi connectivity index (χ4n) is 2.17. The summed E-state index contributed by atoms with van der Waals surface area (Å²) in [7, 11) is 0. The molecule has 0 aromatic heterocycles. The molecule has 9 heteroatoms. The van der Waals surface area contributed by atoms with Gasteiger partial charge in [-0.2, -0.15) is 0 Å². The number of carbonyl (C=O) groups excluding carboxylic acids is 1. The number of aliphatic hydroxyl groups excluding tert-OH is 5. The summed E-state index contributed by atoms with van der Waals surface area (Å²) in [5, 5.41) is 50.0. The van der Waals surface area contributed by atoms with Crippen molar-refractivity contribution in [2.75, 3.05) is 13.2 Å². The SMILES string of the molecule is CC(=O)N[C@H]1[C@H]([C@H](O)[C@H](O)CO)O[C@@](S)(CO)C[C@@H]1O. The van der Waals surface area contributed by atoms with Gasteiger partial charge in [-0.1, -0.05) is 0 Å². The Labute approximate surface area is 121 Å². The second-order valence-corrected chi connectivity index (χ2v) is 5.74. The lowest BCUT2D eigenvalue weighted by Gasteiger charge is -2.46. The zero-order valence-electron chi connectivity index (χ0n) is 11.0. The Balaban J connectivity index is 2.98. The normalized spacial score (nSPS) is 37.2. The molecule has 8 nitrogen and oxygen atoms in total. The topological polar surface area (TPSA) is 139 Å². The number of rotatable bonds is 5. The number of thiol groups is 1. The van der Waals surface area contributed by atoms with Gasteiger partial charge in [-0.3, -0.25) is 4.79 Å². The van der Waals surface area contributed by atoms with Crippen LogP contribution in [0.1, 0.15) is 13.3 Å². The fourth-order valence-corrected chi connectivity index (χ4v) is 2.48. The number of ether oxygens (including phenoxy) is 1.